The van der Waals surface area contributed by atoms with E-state index in [0.717, 1.165) is 51.4 Å². The molecule has 0 bridgehead atoms. The highest BCUT2D eigenvalue weighted by molar-refractivity contribution is 7.80. The second-order valence-corrected chi connectivity index (χ2v) is 21.3. The van der Waals surface area contributed by atoms with Crippen molar-refractivity contribution in [3.63, 3.8) is 0 Å². The van der Waals surface area contributed by atoms with Crippen LogP contribution in [0.5, 0.6) is 0 Å². The highest BCUT2D eigenvalue weighted by atomic mass is 32.3. The Kier molecular flexibility index (Phi) is 43.6. The van der Waals surface area contributed by atoms with Crippen molar-refractivity contribution in [3.8, 4) is 0 Å². The fraction of sp³-hybridized carbons (Fsp3) is 0.945. The molecule has 1 amide bonds. The van der Waals surface area contributed by atoms with Gasteiger partial charge in [0.25, 0.3) is 0 Å². The molecule has 1 saturated heterocycles. The van der Waals surface area contributed by atoms with Gasteiger partial charge >= 0.3 is 10.4 Å². The summed E-state index contributed by atoms with van der Waals surface area (Å²) >= 11 is 0. The van der Waals surface area contributed by atoms with E-state index in [0.29, 0.717) is 12.8 Å². The van der Waals surface area contributed by atoms with Crippen LogP contribution in [0, 0.1) is 0 Å². The molecule has 0 aromatic carbocycles. The average Bonchev–Trinajstić information content (AvgIpc) is 3.31. The van der Waals surface area contributed by atoms with Crippen molar-refractivity contribution >= 4 is 16.3 Å². The molecule has 1 aliphatic heterocycles. The third kappa shape index (κ3) is 37.6. The Balaban J connectivity index is 2.20. The normalized spacial score (nSPS) is 19.8. The number of aliphatic hydroxyl groups excluding tert-OH is 4. The van der Waals surface area contributed by atoms with Gasteiger partial charge < -0.3 is 35.2 Å². The number of aliphatic hydroxyl groups is 4. The van der Waals surface area contributed by atoms with E-state index in [2.05, 4.69) is 35.5 Å². The summed E-state index contributed by atoms with van der Waals surface area (Å²) in [4.78, 5) is 13.1. The number of carbonyl (C=O) groups excluding carboxylic acids is 1. The first-order valence-corrected chi connectivity index (χ1v) is 29.9. The zero-order valence-electron chi connectivity index (χ0n) is 43.7. The van der Waals surface area contributed by atoms with Crippen LogP contribution in [-0.4, -0.2) is 95.4 Å². The molecule has 6 N–H and O–H groups in total. The van der Waals surface area contributed by atoms with Gasteiger partial charge in [0.2, 0.25) is 5.91 Å². The smallest absolute Gasteiger partial charge is 0.394 e. The zero-order valence-corrected chi connectivity index (χ0v) is 44.5. The lowest BCUT2D eigenvalue weighted by molar-refractivity contribution is -0.298. The highest BCUT2D eigenvalue weighted by Crippen LogP contribution is 2.26. The Morgan fingerprint density at radius 3 is 1.32 bits per heavy atom. The van der Waals surface area contributed by atoms with Crippen molar-refractivity contribution in [3.05, 3.63) is 12.2 Å². The minimum atomic E-state index is -5.07. The van der Waals surface area contributed by atoms with Crippen molar-refractivity contribution in [2.24, 2.45) is 0 Å². The lowest BCUT2D eigenvalue weighted by Gasteiger charge is -2.41. The molecular weight excluding hydrogens is 883 g/mol. The summed E-state index contributed by atoms with van der Waals surface area (Å²) in [7, 11) is -5.07. The monoisotopic (exact) mass is 990 g/mol. The number of rotatable bonds is 50. The second-order valence-electron chi connectivity index (χ2n) is 20.2. The van der Waals surface area contributed by atoms with Crippen molar-refractivity contribution in [1.82, 2.24) is 5.32 Å². The standard InChI is InChI=1S/C55H107NO11S/c1-3-5-7-9-11-13-15-16-17-18-19-20-21-22-23-24-25-26-27-28-29-30-31-32-33-34-35-37-39-41-43-45-51(59)56-48(49(58)44-42-40-38-36-14-12-10-8-6-4-2)47-65-55-53(61)54(67-68(62,63)64)52(60)50(46-57)66-55/h22-23,48-50,52-55,57-58,60-61H,3-21,24-47H2,1-2H3,(H,56,59)(H,62,63,64)/b23-22-. The molecule has 0 saturated carbocycles. The molecule has 1 heterocycles. The van der Waals surface area contributed by atoms with Gasteiger partial charge in [-0.15, -0.1) is 0 Å². The molecule has 404 valence electrons. The molecule has 13 heteroatoms. The van der Waals surface area contributed by atoms with Crippen LogP contribution in [-0.2, 0) is 28.9 Å². The Bertz CT molecular complexity index is 1260. The summed E-state index contributed by atoms with van der Waals surface area (Å²) in [5, 5.41) is 44.9. The van der Waals surface area contributed by atoms with E-state index in [4.69, 9.17) is 9.47 Å². The molecule has 0 aliphatic carbocycles. The number of ether oxygens (including phenoxy) is 2. The molecule has 7 unspecified atom stereocenters. The summed E-state index contributed by atoms with van der Waals surface area (Å²) in [5.41, 5.74) is 0. The maximum Gasteiger partial charge on any atom is 0.397 e. The maximum atomic E-state index is 13.1. The van der Waals surface area contributed by atoms with E-state index in [1.807, 2.05) is 0 Å². The van der Waals surface area contributed by atoms with Gasteiger partial charge in [-0.05, 0) is 38.5 Å². The molecule has 1 fully saturated rings. The highest BCUT2D eigenvalue weighted by Gasteiger charge is 2.48. The molecule has 0 spiro atoms. The summed E-state index contributed by atoms with van der Waals surface area (Å²) in [6, 6.07) is -0.853. The van der Waals surface area contributed by atoms with Crippen molar-refractivity contribution in [2.75, 3.05) is 13.2 Å². The number of hydrogen-bond donors (Lipinski definition) is 6. The van der Waals surface area contributed by atoms with Gasteiger partial charge in [-0.1, -0.05) is 244 Å². The SMILES string of the molecule is CCCCCCCCCCCCCC/C=C\CCCCCCCCCCCCCCCCCC(=O)NC(COC1OC(CO)C(O)C(OS(=O)(=O)O)C1O)C(O)CCCCCCCCCCCC. The van der Waals surface area contributed by atoms with Gasteiger partial charge in [-0.2, -0.15) is 8.42 Å². The van der Waals surface area contributed by atoms with Crippen LogP contribution in [0.4, 0.5) is 0 Å². The van der Waals surface area contributed by atoms with Crippen molar-refractivity contribution in [2.45, 2.75) is 320 Å². The first-order chi connectivity index (χ1) is 33.0. The minimum absolute atomic E-state index is 0.227. The second kappa shape index (κ2) is 45.7. The summed E-state index contributed by atoms with van der Waals surface area (Å²) in [6.07, 6.45) is 45.4. The number of nitrogens with one attached hydrogen (secondary N) is 1. The van der Waals surface area contributed by atoms with Gasteiger partial charge in [0.15, 0.2) is 6.29 Å². The summed E-state index contributed by atoms with van der Waals surface area (Å²) in [5.74, 6) is -0.227. The first kappa shape index (κ1) is 64.9. The third-order valence-electron chi connectivity index (χ3n) is 13.8. The average molecular weight is 991 g/mol. The molecule has 0 radical (unpaired) electrons. The molecule has 0 aromatic heterocycles. The van der Waals surface area contributed by atoms with E-state index in [1.54, 1.807) is 0 Å². The maximum absolute atomic E-state index is 13.1. The number of unbranched alkanes of at least 4 members (excludes halogenated alkanes) is 36. The van der Waals surface area contributed by atoms with Crippen LogP contribution in [0.3, 0.4) is 0 Å². The van der Waals surface area contributed by atoms with Gasteiger partial charge in [-0.25, -0.2) is 4.18 Å². The number of allylic oxidation sites excluding steroid dienone is 2. The summed E-state index contributed by atoms with van der Waals surface area (Å²) < 4.78 is 47.7. The molecule has 1 rings (SSSR count). The van der Waals surface area contributed by atoms with E-state index in [1.165, 1.54) is 199 Å². The molecule has 0 aromatic rings. The van der Waals surface area contributed by atoms with E-state index >= 15 is 0 Å². The fourth-order valence-corrected chi connectivity index (χ4v) is 9.91. The largest absolute Gasteiger partial charge is 0.397 e. The van der Waals surface area contributed by atoms with Crippen molar-refractivity contribution < 1.29 is 51.8 Å². The molecule has 12 nitrogen and oxygen atoms in total. The van der Waals surface area contributed by atoms with Gasteiger partial charge in [-0.3, -0.25) is 9.35 Å². The van der Waals surface area contributed by atoms with Gasteiger partial charge in [0.05, 0.1) is 25.4 Å². The number of hydrogen-bond acceptors (Lipinski definition) is 10. The number of carbonyl (C=O) groups is 1. The fourth-order valence-electron chi connectivity index (χ4n) is 9.40. The first-order valence-electron chi connectivity index (χ1n) is 28.6. The Morgan fingerprint density at radius 1 is 0.574 bits per heavy atom. The topological polar surface area (TPSA) is 192 Å². The molecule has 7 atom stereocenters. The quantitative estimate of drug-likeness (QED) is 0.0193. The lowest BCUT2D eigenvalue weighted by atomic mass is 9.99. The van der Waals surface area contributed by atoms with Crippen LogP contribution >= 0.6 is 0 Å². The molecular formula is C55H107NO11S. The Labute approximate surface area is 417 Å². The van der Waals surface area contributed by atoms with E-state index in [9.17, 15) is 38.2 Å². The zero-order chi connectivity index (χ0) is 49.8. The Morgan fingerprint density at radius 2 is 0.941 bits per heavy atom. The van der Waals surface area contributed by atoms with E-state index in [-0.39, 0.29) is 12.5 Å². The van der Waals surface area contributed by atoms with Crippen LogP contribution < -0.4 is 5.32 Å². The summed E-state index contributed by atoms with van der Waals surface area (Å²) in [6.45, 7) is 3.45. The third-order valence-corrected chi connectivity index (χ3v) is 14.3. The predicted octanol–water partition coefficient (Wildman–Crippen LogP) is 13.1. The number of amides is 1. The van der Waals surface area contributed by atoms with Gasteiger partial charge in [0, 0.05) is 6.42 Å². The minimum Gasteiger partial charge on any atom is -0.394 e. The van der Waals surface area contributed by atoms with Crippen LogP contribution in [0.15, 0.2) is 12.2 Å². The van der Waals surface area contributed by atoms with Crippen LogP contribution in [0.25, 0.3) is 0 Å². The lowest BCUT2D eigenvalue weighted by Crippen LogP contribution is -2.61. The van der Waals surface area contributed by atoms with Crippen molar-refractivity contribution in [1.29, 1.82) is 0 Å². The Hall–Kier alpha value is -1.16. The van der Waals surface area contributed by atoms with Crippen LogP contribution in [0.1, 0.15) is 277 Å². The predicted molar refractivity (Wildman–Crippen MR) is 278 cm³/mol. The van der Waals surface area contributed by atoms with Crippen LogP contribution in [0.2, 0.25) is 0 Å². The van der Waals surface area contributed by atoms with E-state index < -0.39 is 59.9 Å². The van der Waals surface area contributed by atoms with Gasteiger partial charge in [0.1, 0.15) is 24.4 Å². The molecule has 1 aliphatic rings. The molecule has 68 heavy (non-hydrogen) atoms.